The van der Waals surface area contributed by atoms with E-state index in [9.17, 15) is 30.0 Å². The van der Waals surface area contributed by atoms with Gasteiger partial charge in [0.2, 0.25) is 0 Å². The summed E-state index contributed by atoms with van der Waals surface area (Å²) in [5.41, 5.74) is 6.41. The molecule has 0 bridgehead atoms. The first-order valence-corrected chi connectivity index (χ1v) is 13.7. The number of hydrogen-bond acceptors (Lipinski definition) is 10. The molecule has 7 N–H and O–H groups in total. The van der Waals surface area contributed by atoms with Crippen LogP contribution in [0.25, 0.3) is 33.1 Å². The van der Waals surface area contributed by atoms with E-state index in [-0.39, 0.29) is 18.4 Å². The van der Waals surface area contributed by atoms with E-state index in [4.69, 9.17) is 9.72 Å². The Morgan fingerprint density at radius 1 is 1.05 bits per heavy atom. The lowest BCUT2D eigenvalue weighted by molar-refractivity contribution is -0.236. The van der Waals surface area contributed by atoms with Gasteiger partial charge in [-0.15, -0.1) is 11.3 Å². The van der Waals surface area contributed by atoms with Crippen LogP contribution in [0.4, 0.5) is 0 Å². The van der Waals surface area contributed by atoms with Crippen LogP contribution in [0.2, 0.25) is 0 Å². The smallest absolute Gasteiger partial charge is 0.259 e. The molecule has 12 heteroatoms. The van der Waals surface area contributed by atoms with Crippen molar-refractivity contribution in [2.75, 3.05) is 6.61 Å². The predicted molar refractivity (Wildman–Crippen MR) is 141 cm³/mol. The first-order valence-electron chi connectivity index (χ1n) is 12.8. The average molecular weight is 551 g/mol. The van der Waals surface area contributed by atoms with Gasteiger partial charge in [-0.3, -0.25) is 20.2 Å². The number of hydrogen-bond donors (Lipinski definition) is 7. The molecule has 2 aromatic heterocycles. The molecule has 1 aliphatic carbocycles. The van der Waals surface area contributed by atoms with E-state index in [2.05, 4.69) is 15.6 Å². The summed E-state index contributed by atoms with van der Waals surface area (Å²) in [6.45, 7) is -0.271. The van der Waals surface area contributed by atoms with Crippen LogP contribution in [0.3, 0.4) is 0 Å². The van der Waals surface area contributed by atoms with Crippen LogP contribution in [0.5, 0.6) is 0 Å². The number of nitrogens with zero attached hydrogens (tertiary/aromatic N) is 1. The van der Waals surface area contributed by atoms with Crippen molar-refractivity contribution < 1.29 is 34.8 Å². The topological polar surface area (TPSA) is 177 Å². The molecular formula is C27H26N4O7S. The van der Waals surface area contributed by atoms with Gasteiger partial charge in [-0.25, -0.2) is 4.98 Å². The van der Waals surface area contributed by atoms with Crippen molar-refractivity contribution in [3.05, 3.63) is 50.8 Å². The molecule has 202 valence electrons. The van der Waals surface area contributed by atoms with Crippen molar-refractivity contribution in [3.8, 4) is 11.3 Å². The maximum absolute atomic E-state index is 12.9. The van der Waals surface area contributed by atoms with E-state index in [0.717, 1.165) is 63.5 Å². The molecule has 2 aliphatic heterocycles. The number of fused-ring (bicyclic) bond motifs is 8. The van der Waals surface area contributed by atoms with Gasteiger partial charge in [-0.2, -0.15) is 0 Å². The number of carbonyl (C=O) groups excluding carboxylic acids is 2. The van der Waals surface area contributed by atoms with Crippen LogP contribution in [-0.2, 0) is 24.1 Å². The number of carbonyl (C=O) groups is 2. The summed E-state index contributed by atoms with van der Waals surface area (Å²) >= 11 is 1.40. The zero-order valence-corrected chi connectivity index (χ0v) is 21.4. The molecular weight excluding hydrogens is 524 g/mol. The van der Waals surface area contributed by atoms with Crippen molar-refractivity contribution in [1.82, 2.24) is 20.6 Å². The second-order valence-electron chi connectivity index (χ2n) is 10.2. The van der Waals surface area contributed by atoms with Crippen LogP contribution in [0, 0.1) is 0 Å². The lowest BCUT2D eigenvalue weighted by Crippen LogP contribution is -2.62. The van der Waals surface area contributed by atoms with Crippen LogP contribution in [0.15, 0.2) is 23.6 Å². The number of aliphatic hydroxyl groups excluding tert-OH is 4. The molecule has 39 heavy (non-hydrogen) atoms. The monoisotopic (exact) mass is 550 g/mol. The average Bonchev–Trinajstić information content (AvgIpc) is 3.71. The molecule has 3 aliphatic rings. The molecule has 0 radical (unpaired) electrons. The van der Waals surface area contributed by atoms with Gasteiger partial charge in [0.15, 0.2) is 0 Å². The standard InChI is InChI=1S/C27H26N4O7S/c32-8-16-22(33)23(34)24(35)27(38-16)28-7-17-29-15(9-39-17)10-4-5-14-13(6-10)18-20-19(25(36)31-26(20)37)11-2-1-3-12(11)21(18)30-14/h4-6,9,16,22-24,27-28,30,32-35H,1-3,7-8H2,(H,31,36,37)/t16-,22-,23+,24-,27?/m1/s1. The third-order valence-corrected chi connectivity index (χ3v) is 8.84. The summed E-state index contributed by atoms with van der Waals surface area (Å²) < 4.78 is 5.50. The normalized spacial score (nSPS) is 26.4. The Morgan fingerprint density at radius 2 is 1.85 bits per heavy atom. The van der Waals surface area contributed by atoms with Crippen LogP contribution >= 0.6 is 11.3 Å². The number of aromatic amines is 1. The molecule has 2 amide bonds. The maximum Gasteiger partial charge on any atom is 0.259 e. The van der Waals surface area contributed by atoms with Gasteiger partial charge < -0.3 is 30.1 Å². The quantitative estimate of drug-likeness (QED) is 0.176. The van der Waals surface area contributed by atoms with Crippen molar-refractivity contribution in [2.24, 2.45) is 0 Å². The van der Waals surface area contributed by atoms with E-state index < -0.39 is 37.3 Å². The summed E-state index contributed by atoms with van der Waals surface area (Å²) in [4.78, 5) is 33.7. The molecule has 0 spiro atoms. The molecule has 5 atom stereocenters. The van der Waals surface area contributed by atoms with Crippen molar-refractivity contribution in [3.63, 3.8) is 0 Å². The number of rotatable bonds is 5. The predicted octanol–water partition coefficient (Wildman–Crippen LogP) is 0.706. The summed E-state index contributed by atoms with van der Waals surface area (Å²) in [6.07, 6.45) is -3.64. The largest absolute Gasteiger partial charge is 0.394 e. The van der Waals surface area contributed by atoms with Crippen molar-refractivity contribution >= 4 is 45.0 Å². The molecule has 11 nitrogen and oxygen atoms in total. The number of ether oxygens (including phenoxy) is 1. The number of aryl methyl sites for hydroxylation is 1. The second-order valence-corrected chi connectivity index (χ2v) is 11.2. The van der Waals surface area contributed by atoms with E-state index in [1.807, 2.05) is 23.6 Å². The number of nitrogens with one attached hydrogen (secondary N) is 3. The SMILES string of the molecule is O=C1NC(=O)c2c1c1c(c3[nH]c4ccc(-c5csc(CNC6O[C@H](CO)[C@@H](O)[C@H](O)[C@H]6O)n5)cc4c23)CCC1. The lowest BCUT2D eigenvalue weighted by Gasteiger charge is -2.40. The Morgan fingerprint density at radius 3 is 2.67 bits per heavy atom. The van der Waals surface area contributed by atoms with Gasteiger partial charge in [0, 0.05) is 27.2 Å². The molecule has 1 unspecified atom stereocenters. The number of imide groups is 1. The number of amides is 2. The molecule has 1 fully saturated rings. The van der Waals surface area contributed by atoms with Crippen molar-refractivity contribution in [1.29, 1.82) is 0 Å². The molecule has 1 saturated heterocycles. The Balaban J connectivity index is 1.21. The second kappa shape index (κ2) is 9.17. The first-order chi connectivity index (χ1) is 18.9. The first kappa shape index (κ1) is 24.8. The van der Waals surface area contributed by atoms with Gasteiger partial charge >= 0.3 is 0 Å². The van der Waals surface area contributed by atoms with Crippen LogP contribution < -0.4 is 10.6 Å². The summed E-state index contributed by atoms with van der Waals surface area (Å²) in [5.74, 6) is -0.687. The van der Waals surface area contributed by atoms with Gasteiger partial charge in [0.1, 0.15) is 35.7 Å². The fourth-order valence-corrected chi connectivity index (χ4v) is 6.85. The minimum absolute atomic E-state index is 0.227. The van der Waals surface area contributed by atoms with E-state index in [0.29, 0.717) is 16.1 Å². The van der Waals surface area contributed by atoms with E-state index in [1.165, 1.54) is 11.3 Å². The minimum Gasteiger partial charge on any atom is -0.394 e. The van der Waals surface area contributed by atoms with E-state index >= 15 is 0 Å². The fourth-order valence-electron chi connectivity index (χ4n) is 6.10. The Kier molecular flexibility index (Phi) is 5.83. The number of aromatic nitrogens is 2. The van der Waals surface area contributed by atoms with Gasteiger partial charge in [-0.05, 0) is 42.5 Å². The summed E-state index contributed by atoms with van der Waals surface area (Å²) in [6, 6.07) is 5.89. The molecule has 0 saturated carbocycles. The van der Waals surface area contributed by atoms with Crippen molar-refractivity contribution in [2.45, 2.75) is 56.5 Å². The van der Waals surface area contributed by atoms with Crippen LogP contribution in [0.1, 0.15) is 43.3 Å². The number of aliphatic hydroxyl groups is 4. The summed E-state index contributed by atoms with van der Waals surface area (Å²) in [7, 11) is 0. The van der Waals surface area contributed by atoms with Gasteiger partial charge in [-0.1, -0.05) is 6.07 Å². The molecule has 7 rings (SSSR count). The highest BCUT2D eigenvalue weighted by molar-refractivity contribution is 7.09. The lowest BCUT2D eigenvalue weighted by atomic mass is 9.93. The molecule has 4 aromatic rings. The third kappa shape index (κ3) is 3.75. The third-order valence-electron chi connectivity index (χ3n) is 8.00. The number of benzene rings is 2. The Hall–Kier alpha value is -3.23. The summed E-state index contributed by atoms with van der Waals surface area (Å²) in [5, 5.41) is 49.3. The number of H-pyrrole nitrogens is 1. The van der Waals surface area contributed by atoms with E-state index in [1.54, 1.807) is 0 Å². The molecule has 2 aromatic carbocycles. The highest BCUT2D eigenvalue weighted by Crippen LogP contribution is 2.42. The number of thiazole rings is 1. The maximum atomic E-state index is 12.9. The molecule has 4 heterocycles. The zero-order chi connectivity index (χ0) is 27.0. The highest BCUT2D eigenvalue weighted by atomic mass is 32.1. The highest BCUT2D eigenvalue weighted by Gasteiger charge is 2.43. The minimum atomic E-state index is -1.46. The van der Waals surface area contributed by atoms with Gasteiger partial charge in [0.25, 0.3) is 11.8 Å². The Labute approximate surface area is 225 Å². The fraction of sp³-hybridized carbons (Fsp3) is 0.370. The van der Waals surface area contributed by atoms with Crippen LogP contribution in [-0.4, -0.2) is 79.5 Å². The Bertz CT molecular complexity index is 1660. The zero-order valence-electron chi connectivity index (χ0n) is 20.6. The van der Waals surface area contributed by atoms with Gasteiger partial charge in [0.05, 0.1) is 35.5 Å².